The van der Waals surface area contributed by atoms with E-state index in [2.05, 4.69) is 9.97 Å². The summed E-state index contributed by atoms with van der Waals surface area (Å²) >= 11 is 0. The first-order chi connectivity index (χ1) is 8.54. The first-order valence-electron chi connectivity index (χ1n) is 5.19. The van der Waals surface area contributed by atoms with Crippen molar-refractivity contribution in [2.24, 2.45) is 5.84 Å². The van der Waals surface area contributed by atoms with Crippen molar-refractivity contribution in [1.82, 2.24) is 9.97 Å². The molecule has 6 nitrogen and oxygen atoms in total. The highest BCUT2D eigenvalue weighted by Gasteiger charge is 2.39. The number of rotatable bonds is 2. The number of nitrogen functional groups attached to an aromatic ring is 1. The van der Waals surface area contributed by atoms with Gasteiger partial charge in [0.25, 0.3) is 0 Å². The number of aromatic nitrogens is 2. The molecule has 0 aliphatic heterocycles. The Morgan fingerprint density at radius 1 is 1.37 bits per heavy atom. The molecule has 0 saturated heterocycles. The number of esters is 1. The molecule has 1 heterocycles. The van der Waals surface area contributed by atoms with E-state index in [1.165, 1.54) is 20.8 Å². The average Bonchev–Trinajstić information content (AvgIpc) is 2.24. The number of hydrazine groups is 1. The molecule has 106 valence electrons. The van der Waals surface area contributed by atoms with Crippen LogP contribution in [0.25, 0.3) is 0 Å². The predicted octanol–water partition coefficient (Wildman–Crippen LogP) is 1.74. The van der Waals surface area contributed by atoms with E-state index < -0.39 is 35.0 Å². The number of alkyl halides is 3. The highest BCUT2D eigenvalue weighted by atomic mass is 19.4. The summed E-state index contributed by atoms with van der Waals surface area (Å²) in [5.41, 5.74) is -1.21. The minimum absolute atomic E-state index is 0.445. The van der Waals surface area contributed by atoms with Gasteiger partial charge in [-0.05, 0) is 20.8 Å². The molecular weight excluding hydrogens is 265 g/mol. The van der Waals surface area contributed by atoms with Crippen LogP contribution in [0, 0.1) is 0 Å². The second-order valence-corrected chi connectivity index (χ2v) is 4.60. The van der Waals surface area contributed by atoms with Crippen LogP contribution >= 0.6 is 0 Å². The van der Waals surface area contributed by atoms with Gasteiger partial charge in [-0.15, -0.1) is 0 Å². The number of hydrogen-bond donors (Lipinski definition) is 2. The van der Waals surface area contributed by atoms with Crippen LogP contribution in [-0.2, 0) is 10.9 Å². The smallest absolute Gasteiger partial charge is 0.434 e. The monoisotopic (exact) mass is 278 g/mol. The van der Waals surface area contributed by atoms with Crippen molar-refractivity contribution in [1.29, 1.82) is 0 Å². The van der Waals surface area contributed by atoms with Crippen LogP contribution in [0.1, 0.15) is 36.8 Å². The molecule has 0 radical (unpaired) electrons. The van der Waals surface area contributed by atoms with E-state index in [-0.39, 0.29) is 0 Å². The first kappa shape index (κ1) is 15.2. The molecule has 3 N–H and O–H groups in total. The van der Waals surface area contributed by atoms with Gasteiger partial charge in [0.15, 0.2) is 5.69 Å². The molecule has 1 rings (SSSR count). The third-order valence-corrected chi connectivity index (χ3v) is 1.81. The first-order valence-corrected chi connectivity index (χ1v) is 5.19. The molecule has 9 heteroatoms. The lowest BCUT2D eigenvalue weighted by atomic mass is 10.1. The summed E-state index contributed by atoms with van der Waals surface area (Å²) in [5.74, 6) is 3.34. The Morgan fingerprint density at radius 2 is 1.95 bits per heavy atom. The van der Waals surface area contributed by atoms with E-state index in [1.54, 1.807) is 0 Å². The maximum Gasteiger partial charge on any atom is 0.434 e. The molecule has 0 aliphatic rings. The van der Waals surface area contributed by atoms with Crippen molar-refractivity contribution in [3.8, 4) is 0 Å². The quantitative estimate of drug-likeness (QED) is 0.486. The zero-order chi connectivity index (χ0) is 14.8. The molecule has 0 amide bonds. The fraction of sp³-hybridized carbons (Fsp3) is 0.500. The third-order valence-electron chi connectivity index (χ3n) is 1.81. The number of anilines is 1. The minimum Gasteiger partial charge on any atom is -0.456 e. The summed E-state index contributed by atoms with van der Waals surface area (Å²) < 4.78 is 43.2. The van der Waals surface area contributed by atoms with E-state index in [4.69, 9.17) is 10.6 Å². The summed E-state index contributed by atoms with van der Waals surface area (Å²) in [4.78, 5) is 18.3. The van der Waals surface area contributed by atoms with Gasteiger partial charge in [0, 0.05) is 6.20 Å². The van der Waals surface area contributed by atoms with Gasteiger partial charge < -0.3 is 4.74 Å². The Kier molecular flexibility index (Phi) is 3.99. The van der Waals surface area contributed by atoms with Crippen LogP contribution < -0.4 is 11.3 Å². The Balaban J connectivity index is 3.24. The fourth-order valence-electron chi connectivity index (χ4n) is 1.15. The van der Waals surface area contributed by atoms with E-state index in [9.17, 15) is 18.0 Å². The van der Waals surface area contributed by atoms with Gasteiger partial charge in [0.2, 0.25) is 5.95 Å². The highest BCUT2D eigenvalue weighted by Crippen LogP contribution is 2.31. The number of ether oxygens (including phenoxy) is 1. The maximum atomic E-state index is 12.8. The highest BCUT2D eigenvalue weighted by molar-refractivity contribution is 5.90. The van der Waals surface area contributed by atoms with Gasteiger partial charge >= 0.3 is 12.1 Å². The van der Waals surface area contributed by atoms with E-state index >= 15 is 0 Å². The lowest BCUT2D eigenvalue weighted by molar-refractivity contribution is -0.141. The maximum absolute atomic E-state index is 12.8. The lowest BCUT2D eigenvalue weighted by Crippen LogP contribution is -2.27. The molecule has 1 aromatic heterocycles. The number of carbonyl (C=O) groups excluding carboxylic acids is 1. The molecule has 0 spiro atoms. The van der Waals surface area contributed by atoms with Gasteiger partial charge in [0.1, 0.15) is 11.2 Å². The van der Waals surface area contributed by atoms with Gasteiger partial charge in [-0.2, -0.15) is 13.2 Å². The predicted molar refractivity (Wildman–Crippen MR) is 60.0 cm³/mol. The average molecular weight is 278 g/mol. The van der Waals surface area contributed by atoms with Crippen LogP contribution in [0.3, 0.4) is 0 Å². The summed E-state index contributed by atoms with van der Waals surface area (Å²) in [7, 11) is 0. The normalized spacial score (nSPS) is 12.2. The molecule has 0 saturated carbocycles. The van der Waals surface area contributed by atoms with Crippen LogP contribution in [-0.4, -0.2) is 21.5 Å². The number of carbonyl (C=O) groups is 1. The molecule has 19 heavy (non-hydrogen) atoms. The zero-order valence-electron chi connectivity index (χ0n) is 10.5. The largest absolute Gasteiger partial charge is 0.456 e. The summed E-state index contributed by atoms with van der Waals surface area (Å²) in [6.07, 6.45) is -4.10. The molecule has 0 atom stereocenters. The second-order valence-electron chi connectivity index (χ2n) is 4.60. The van der Waals surface area contributed by atoms with Crippen molar-refractivity contribution < 1.29 is 22.7 Å². The minimum atomic E-state index is -4.82. The van der Waals surface area contributed by atoms with Crippen LogP contribution in [0.5, 0.6) is 0 Å². The Hall–Kier alpha value is -1.90. The summed E-state index contributed by atoms with van der Waals surface area (Å²) in [6.45, 7) is 4.61. The second kappa shape index (κ2) is 5.00. The SMILES string of the molecule is CC(C)(C)OC(=O)c1cnc(NN)nc1C(F)(F)F. The van der Waals surface area contributed by atoms with Gasteiger partial charge in [0.05, 0.1) is 0 Å². The molecule has 0 bridgehead atoms. The summed E-state index contributed by atoms with van der Waals surface area (Å²) in [6, 6.07) is 0. The molecule has 0 fully saturated rings. The summed E-state index contributed by atoms with van der Waals surface area (Å²) in [5, 5.41) is 0. The van der Waals surface area contributed by atoms with Gasteiger partial charge in [-0.1, -0.05) is 0 Å². The number of nitrogens with zero attached hydrogens (tertiary/aromatic N) is 2. The van der Waals surface area contributed by atoms with E-state index in [0.717, 1.165) is 6.20 Å². The number of nitrogens with two attached hydrogens (primary N) is 1. The van der Waals surface area contributed by atoms with Crippen molar-refractivity contribution in [2.75, 3.05) is 5.43 Å². The lowest BCUT2D eigenvalue weighted by Gasteiger charge is -2.20. The van der Waals surface area contributed by atoms with E-state index in [1.807, 2.05) is 5.43 Å². The van der Waals surface area contributed by atoms with Gasteiger partial charge in [-0.25, -0.2) is 20.6 Å². The van der Waals surface area contributed by atoms with Crippen LogP contribution in [0.4, 0.5) is 19.1 Å². The van der Waals surface area contributed by atoms with Crippen molar-refractivity contribution in [3.63, 3.8) is 0 Å². The molecule has 0 aromatic carbocycles. The van der Waals surface area contributed by atoms with E-state index in [0.29, 0.717) is 0 Å². The molecule has 0 aliphatic carbocycles. The zero-order valence-corrected chi connectivity index (χ0v) is 10.5. The molecule has 0 unspecified atom stereocenters. The number of hydrogen-bond acceptors (Lipinski definition) is 6. The Morgan fingerprint density at radius 3 is 2.37 bits per heavy atom. The fourth-order valence-corrected chi connectivity index (χ4v) is 1.15. The standard InChI is InChI=1S/C10H13F3N4O2/c1-9(2,3)19-7(18)5-4-15-8(17-14)16-6(5)10(11,12)13/h4H,14H2,1-3H3,(H,15,16,17). The van der Waals surface area contributed by atoms with Crippen LogP contribution in [0.2, 0.25) is 0 Å². The number of nitrogens with one attached hydrogen (secondary N) is 1. The van der Waals surface area contributed by atoms with Crippen molar-refractivity contribution in [3.05, 3.63) is 17.5 Å². The van der Waals surface area contributed by atoms with Crippen LogP contribution in [0.15, 0.2) is 6.20 Å². The number of halogens is 3. The Bertz CT molecular complexity index is 483. The van der Waals surface area contributed by atoms with Gasteiger partial charge in [-0.3, -0.25) is 5.43 Å². The molecular formula is C10H13F3N4O2. The topological polar surface area (TPSA) is 90.1 Å². The van der Waals surface area contributed by atoms with Crippen molar-refractivity contribution >= 4 is 11.9 Å². The van der Waals surface area contributed by atoms with Crippen molar-refractivity contribution in [2.45, 2.75) is 32.5 Å². The Labute approximate surface area is 107 Å². The third kappa shape index (κ3) is 4.05. The molecule has 1 aromatic rings.